The molecule has 2 heterocycles. The first kappa shape index (κ1) is 20.2. The fourth-order valence-corrected chi connectivity index (χ4v) is 5.81. The van der Waals surface area contributed by atoms with Crippen LogP contribution in [0.2, 0.25) is 0 Å². The van der Waals surface area contributed by atoms with Crippen LogP contribution in [0.1, 0.15) is 25.6 Å². The van der Waals surface area contributed by atoms with Crippen molar-refractivity contribution in [3.05, 3.63) is 99.6 Å². The number of phenols is 1. The predicted molar refractivity (Wildman–Crippen MR) is 129 cm³/mol. The quantitative estimate of drug-likeness (QED) is 0.281. The van der Waals surface area contributed by atoms with E-state index < -0.39 is 5.97 Å². The zero-order valence-corrected chi connectivity index (χ0v) is 18.2. The van der Waals surface area contributed by atoms with E-state index in [1.54, 1.807) is 29.6 Å². The van der Waals surface area contributed by atoms with Crippen LogP contribution in [0.25, 0.3) is 32.3 Å². The Morgan fingerprint density at radius 1 is 0.812 bits per heavy atom. The Kier molecular flexibility index (Phi) is 5.09. The van der Waals surface area contributed by atoms with Crippen molar-refractivity contribution in [3.63, 3.8) is 0 Å². The summed E-state index contributed by atoms with van der Waals surface area (Å²) in [5, 5.41) is 23.7. The summed E-state index contributed by atoms with van der Waals surface area (Å²) in [5.74, 6) is -0.876. The maximum Gasteiger partial charge on any atom is 0.337 e. The topological polar surface area (TPSA) is 74.6 Å². The summed E-state index contributed by atoms with van der Waals surface area (Å²) in [5.41, 5.74) is 4.03. The smallest absolute Gasteiger partial charge is 0.337 e. The van der Waals surface area contributed by atoms with E-state index in [1.807, 2.05) is 53.9 Å². The van der Waals surface area contributed by atoms with E-state index in [1.165, 1.54) is 22.7 Å². The van der Waals surface area contributed by atoms with Crippen molar-refractivity contribution < 1.29 is 19.8 Å². The minimum atomic E-state index is -0.954. The average Bonchev–Trinajstić information content (AvgIpc) is 3.44. The Balaban J connectivity index is 1.65. The van der Waals surface area contributed by atoms with Crippen molar-refractivity contribution in [2.45, 2.75) is 0 Å². The molecule has 2 N–H and O–H groups in total. The largest absolute Gasteiger partial charge is 0.508 e. The molecule has 3 aromatic carbocycles. The van der Waals surface area contributed by atoms with Gasteiger partial charge in [-0.2, -0.15) is 11.3 Å². The summed E-state index contributed by atoms with van der Waals surface area (Å²) in [6, 6.07) is 21.8. The van der Waals surface area contributed by atoms with E-state index in [9.17, 15) is 19.8 Å². The summed E-state index contributed by atoms with van der Waals surface area (Å²) in [6.07, 6.45) is 0. The molecule has 5 rings (SSSR count). The number of thiophene rings is 2. The molecule has 4 nitrogen and oxygen atoms in total. The minimum Gasteiger partial charge on any atom is -0.508 e. The molecule has 0 saturated carbocycles. The van der Waals surface area contributed by atoms with Gasteiger partial charge in [-0.1, -0.05) is 54.6 Å². The van der Waals surface area contributed by atoms with E-state index in [-0.39, 0.29) is 17.1 Å². The highest BCUT2D eigenvalue weighted by Crippen LogP contribution is 2.42. The number of carbonyl (C=O) groups is 2. The van der Waals surface area contributed by atoms with Crippen molar-refractivity contribution in [2.75, 3.05) is 0 Å². The van der Waals surface area contributed by atoms with E-state index in [2.05, 4.69) is 0 Å². The van der Waals surface area contributed by atoms with Crippen LogP contribution in [-0.4, -0.2) is 22.0 Å². The molecule has 0 radical (unpaired) electrons. The van der Waals surface area contributed by atoms with Crippen molar-refractivity contribution in [1.82, 2.24) is 0 Å². The number of fused-ring (bicyclic) bond motifs is 1. The molecule has 0 aliphatic carbocycles. The second-order valence-electron chi connectivity index (χ2n) is 7.26. The molecule has 0 atom stereocenters. The van der Waals surface area contributed by atoms with E-state index in [0.29, 0.717) is 16.0 Å². The Hall–Kier alpha value is -3.74. The van der Waals surface area contributed by atoms with Gasteiger partial charge in [-0.05, 0) is 34.7 Å². The monoisotopic (exact) mass is 456 g/mol. The van der Waals surface area contributed by atoms with Crippen molar-refractivity contribution >= 4 is 44.5 Å². The fraction of sp³-hybridized carbons (Fsp3) is 0. The Morgan fingerprint density at radius 2 is 1.53 bits per heavy atom. The van der Waals surface area contributed by atoms with E-state index >= 15 is 0 Å². The lowest BCUT2D eigenvalue weighted by atomic mass is 9.96. The maximum absolute atomic E-state index is 13.4. The van der Waals surface area contributed by atoms with Gasteiger partial charge in [0.2, 0.25) is 5.78 Å². The third-order valence-electron chi connectivity index (χ3n) is 5.29. The van der Waals surface area contributed by atoms with Gasteiger partial charge >= 0.3 is 5.97 Å². The van der Waals surface area contributed by atoms with Gasteiger partial charge in [-0.3, -0.25) is 4.79 Å². The lowest BCUT2D eigenvalue weighted by Crippen LogP contribution is -2.00. The average molecular weight is 457 g/mol. The van der Waals surface area contributed by atoms with Gasteiger partial charge in [0.25, 0.3) is 0 Å². The number of aromatic hydroxyl groups is 1. The highest BCUT2D eigenvalue weighted by atomic mass is 32.1. The van der Waals surface area contributed by atoms with Crippen molar-refractivity contribution in [2.24, 2.45) is 0 Å². The molecule has 156 valence electrons. The molecule has 0 fully saturated rings. The summed E-state index contributed by atoms with van der Waals surface area (Å²) in [4.78, 5) is 25.4. The van der Waals surface area contributed by atoms with E-state index in [4.69, 9.17) is 0 Å². The minimum absolute atomic E-state index is 0.0728. The first-order chi connectivity index (χ1) is 15.5. The first-order valence-electron chi connectivity index (χ1n) is 9.78. The highest BCUT2D eigenvalue weighted by molar-refractivity contribution is 7.21. The number of rotatable bonds is 5. The van der Waals surface area contributed by atoms with Crippen LogP contribution in [0.5, 0.6) is 5.75 Å². The molecule has 32 heavy (non-hydrogen) atoms. The molecule has 0 aliphatic heterocycles. The van der Waals surface area contributed by atoms with E-state index in [0.717, 1.165) is 26.8 Å². The van der Waals surface area contributed by atoms with Gasteiger partial charge in [0.15, 0.2) is 0 Å². The lowest BCUT2D eigenvalue weighted by molar-refractivity contribution is 0.0698. The second kappa shape index (κ2) is 8.07. The molecular weight excluding hydrogens is 440 g/mol. The van der Waals surface area contributed by atoms with Crippen LogP contribution in [-0.2, 0) is 0 Å². The fourth-order valence-electron chi connectivity index (χ4n) is 3.76. The SMILES string of the molecule is O=C(O)c1cscc1-c1ccc(-c2c(C(=O)c3ccccc3)sc3cc(O)ccc23)cc1. The van der Waals surface area contributed by atoms with Crippen molar-refractivity contribution in [1.29, 1.82) is 0 Å². The highest BCUT2D eigenvalue weighted by Gasteiger charge is 2.21. The van der Waals surface area contributed by atoms with Crippen LogP contribution in [0.4, 0.5) is 0 Å². The number of ketones is 1. The normalized spacial score (nSPS) is 11.0. The standard InChI is InChI=1S/C26H16O4S2/c27-18-10-11-19-22(12-18)32-25(24(28)17-4-2-1-3-5-17)23(19)16-8-6-15(7-9-16)20-13-31-14-21(20)26(29)30/h1-14,27H,(H,29,30). The van der Waals surface area contributed by atoms with Crippen LogP contribution >= 0.6 is 22.7 Å². The van der Waals surface area contributed by atoms with Crippen LogP contribution in [0.15, 0.2) is 83.6 Å². The number of phenolic OH excluding ortho intramolecular Hbond substituents is 1. The Morgan fingerprint density at radius 3 is 2.25 bits per heavy atom. The van der Waals surface area contributed by atoms with Gasteiger partial charge in [0.05, 0.1) is 10.4 Å². The number of hydrogen-bond donors (Lipinski definition) is 2. The number of carbonyl (C=O) groups excluding carboxylic acids is 1. The zero-order chi connectivity index (χ0) is 22.2. The van der Waals surface area contributed by atoms with Gasteiger partial charge in [0.1, 0.15) is 5.75 Å². The van der Waals surface area contributed by atoms with Crippen LogP contribution in [0, 0.1) is 0 Å². The Bertz CT molecular complexity index is 1460. The molecule has 0 aliphatic rings. The van der Waals surface area contributed by atoms with Crippen LogP contribution in [0.3, 0.4) is 0 Å². The molecule has 0 spiro atoms. The molecule has 2 aromatic heterocycles. The number of aromatic carboxylic acids is 1. The first-order valence-corrected chi connectivity index (χ1v) is 11.5. The molecule has 0 saturated heterocycles. The number of carboxylic acids is 1. The maximum atomic E-state index is 13.4. The second-order valence-corrected chi connectivity index (χ2v) is 9.06. The number of carboxylic acid groups (broad SMARTS) is 1. The van der Waals surface area contributed by atoms with Gasteiger partial charge in [-0.15, -0.1) is 11.3 Å². The Labute approximate surface area is 191 Å². The summed E-state index contributed by atoms with van der Waals surface area (Å²) in [7, 11) is 0. The lowest BCUT2D eigenvalue weighted by Gasteiger charge is -2.07. The third kappa shape index (κ3) is 3.49. The van der Waals surface area contributed by atoms with Gasteiger partial charge in [0, 0.05) is 32.2 Å². The summed E-state index contributed by atoms with van der Waals surface area (Å²) in [6.45, 7) is 0. The number of hydrogen-bond acceptors (Lipinski definition) is 5. The van der Waals surface area contributed by atoms with Crippen LogP contribution < -0.4 is 0 Å². The molecule has 6 heteroatoms. The third-order valence-corrected chi connectivity index (χ3v) is 7.19. The molecule has 5 aromatic rings. The van der Waals surface area contributed by atoms with Gasteiger partial charge in [-0.25, -0.2) is 4.79 Å². The number of benzene rings is 3. The molecule has 0 bridgehead atoms. The molecule has 0 unspecified atom stereocenters. The predicted octanol–water partition coefficient (Wildman–Crippen LogP) is 6.93. The van der Waals surface area contributed by atoms with Crippen molar-refractivity contribution in [3.8, 4) is 28.0 Å². The molecule has 0 amide bonds. The molecular formula is C26H16O4S2. The summed E-state index contributed by atoms with van der Waals surface area (Å²) >= 11 is 2.71. The zero-order valence-electron chi connectivity index (χ0n) is 16.6. The van der Waals surface area contributed by atoms with Gasteiger partial charge < -0.3 is 10.2 Å². The summed E-state index contributed by atoms with van der Waals surface area (Å²) < 4.78 is 0.828.